The standard InChI is InChI=1S/C16H23F2NO/c1-12-5-4-7-14(10-9-12)19-11-13-6-2-3-8-15(13)20-16(17)18/h2-3,6,8,12,14,16,19H,4-5,7,9-11H2,1H3. The highest BCUT2D eigenvalue weighted by Crippen LogP contribution is 2.24. The first-order valence-electron chi connectivity index (χ1n) is 7.41. The molecule has 1 fully saturated rings. The molecule has 1 saturated carbocycles. The molecule has 2 unspecified atom stereocenters. The summed E-state index contributed by atoms with van der Waals surface area (Å²) in [7, 11) is 0. The van der Waals surface area contributed by atoms with Crippen molar-refractivity contribution in [1.29, 1.82) is 0 Å². The topological polar surface area (TPSA) is 21.3 Å². The number of hydrogen-bond donors (Lipinski definition) is 1. The molecule has 0 amide bonds. The van der Waals surface area contributed by atoms with Crippen LogP contribution in [0.15, 0.2) is 24.3 Å². The van der Waals surface area contributed by atoms with E-state index in [1.165, 1.54) is 32.1 Å². The van der Waals surface area contributed by atoms with E-state index in [0.29, 0.717) is 12.6 Å². The maximum absolute atomic E-state index is 12.3. The summed E-state index contributed by atoms with van der Waals surface area (Å²) >= 11 is 0. The Bertz CT molecular complexity index is 411. The highest BCUT2D eigenvalue weighted by molar-refractivity contribution is 5.33. The van der Waals surface area contributed by atoms with Gasteiger partial charge in [0.15, 0.2) is 0 Å². The number of ether oxygens (including phenoxy) is 1. The van der Waals surface area contributed by atoms with Gasteiger partial charge in [0, 0.05) is 18.2 Å². The quantitative estimate of drug-likeness (QED) is 0.811. The van der Waals surface area contributed by atoms with E-state index in [1.807, 2.05) is 12.1 Å². The lowest BCUT2D eigenvalue weighted by Crippen LogP contribution is -2.28. The van der Waals surface area contributed by atoms with Gasteiger partial charge < -0.3 is 10.1 Å². The Morgan fingerprint density at radius 2 is 2.00 bits per heavy atom. The van der Waals surface area contributed by atoms with Gasteiger partial charge in [-0.25, -0.2) is 0 Å². The average molecular weight is 283 g/mol. The molecule has 0 saturated heterocycles. The van der Waals surface area contributed by atoms with Gasteiger partial charge in [-0.15, -0.1) is 0 Å². The molecule has 0 bridgehead atoms. The molecule has 0 heterocycles. The monoisotopic (exact) mass is 283 g/mol. The summed E-state index contributed by atoms with van der Waals surface area (Å²) in [5.74, 6) is 1.08. The van der Waals surface area contributed by atoms with Crippen molar-refractivity contribution >= 4 is 0 Å². The SMILES string of the molecule is CC1CCCC(NCc2ccccc2OC(F)F)CC1. The van der Waals surface area contributed by atoms with Crippen LogP contribution >= 0.6 is 0 Å². The predicted molar refractivity (Wildman–Crippen MR) is 76.0 cm³/mol. The minimum absolute atomic E-state index is 0.275. The van der Waals surface area contributed by atoms with Crippen molar-refractivity contribution in [2.24, 2.45) is 5.92 Å². The van der Waals surface area contributed by atoms with Gasteiger partial charge in [0.1, 0.15) is 5.75 Å². The van der Waals surface area contributed by atoms with Gasteiger partial charge in [-0.2, -0.15) is 8.78 Å². The summed E-state index contributed by atoms with van der Waals surface area (Å²) in [5, 5.41) is 3.49. The molecule has 1 N–H and O–H groups in total. The van der Waals surface area contributed by atoms with E-state index in [1.54, 1.807) is 12.1 Å². The van der Waals surface area contributed by atoms with Crippen LogP contribution in [0.1, 0.15) is 44.6 Å². The number of benzene rings is 1. The van der Waals surface area contributed by atoms with Crippen molar-refractivity contribution < 1.29 is 13.5 Å². The van der Waals surface area contributed by atoms with E-state index in [4.69, 9.17) is 0 Å². The third-order valence-corrected chi connectivity index (χ3v) is 4.03. The zero-order chi connectivity index (χ0) is 14.4. The van der Waals surface area contributed by atoms with Crippen molar-refractivity contribution in [3.05, 3.63) is 29.8 Å². The Morgan fingerprint density at radius 3 is 2.80 bits per heavy atom. The second kappa shape index (κ2) is 7.58. The molecule has 0 aliphatic heterocycles. The highest BCUT2D eigenvalue weighted by Gasteiger charge is 2.16. The minimum Gasteiger partial charge on any atom is -0.434 e. The van der Waals surface area contributed by atoms with Crippen LogP contribution in [0.4, 0.5) is 8.78 Å². The zero-order valence-electron chi connectivity index (χ0n) is 11.9. The third kappa shape index (κ3) is 4.75. The maximum Gasteiger partial charge on any atom is 0.387 e. The average Bonchev–Trinajstić information content (AvgIpc) is 2.62. The zero-order valence-corrected chi connectivity index (χ0v) is 11.9. The fraction of sp³-hybridized carbons (Fsp3) is 0.625. The van der Waals surface area contributed by atoms with E-state index in [-0.39, 0.29) is 5.75 Å². The second-order valence-electron chi connectivity index (χ2n) is 5.68. The van der Waals surface area contributed by atoms with E-state index in [0.717, 1.165) is 11.5 Å². The van der Waals surface area contributed by atoms with Gasteiger partial charge in [-0.1, -0.05) is 38.0 Å². The van der Waals surface area contributed by atoms with Crippen LogP contribution in [0.5, 0.6) is 5.75 Å². The molecule has 2 atom stereocenters. The molecule has 0 spiro atoms. The van der Waals surface area contributed by atoms with Gasteiger partial charge in [0.25, 0.3) is 0 Å². The number of hydrogen-bond acceptors (Lipinski definition) is 2. The van der Waals surface area contributed by atoms with Crippen molar-refractivity contribution in [1.82, 2.24) is 5.32 Å². The molecule has 20 heavy (non-hydrogen) atoms. The first-order valence-corrected chi connectivity index (χ1v) is 7.41. The summed E-state index contributed by atoms with van der Waals surface area (Å²) < 4.78 is 29.3. The third-order valence-electron chi connectivity index (χ3n) is 4.03. The second-order valence-corrected chi connectivity index (χ2v) is 5.68. The van der Waals surface area contributed by atoms with Crippen LogP contribution in [0.2, 0.25) is 0 Å². The first kappa shape index (κ1) is 15.2. The first-order chi connectivity index (χ1) is 9.65. The predicted octanol–water partition coefficient (Wildman–Crippen LogP) is 4.35. The molecule has 1 aromatic carbocycles. The van der Waals surface area contributed by atoms with Crippen molar-refractivity contribution in [2.45, 2.75) is 58.2 Å². The fourth-order valence-corrected chi connectivity index (χ4v) is 2.81. The molecular formula is C16H23F2NO. The largest absolute Gasteiger partial charge is 0.434 e. The Balaban J connectivity index is 1.90. The van der Waals surface area contributed by atoms with Gasteiger partial charge >= 0.3 is 6.61 Å². The van der Waals surface area contributed by atoms with Crippen LogP contribution in [0, 0.1) is 5.92 Å². The Labute approximate surface area is 119 Å². The summed E-state index contributed by atoms with van der Waals surface area (Å²) in [5.41, 5.74) is 0.796. The number of halogens is 2. The lowest BCUT2D eigenvalue weighted by molar-refractivity contribution is -0.0505. The maximum atomic E-state index is 12.3. The summed E-state index contributed by atoms with van der Waals surface area (Å²) in [4.78, 5) is 0. The Morgan fingerprint density at radius 1 is 1.20 bits per heavy atom. The van der Waals surface area contributed by atoms with Crippen molar-refractivity contribution in [2.75, 3.05) is 0 Å². The summed E-state index contributed by atoms with van der Waals surface area (Å²) in [6, 6.07) is 7.49. The molecule has 1 aliphatic carbocycles. The van der Waals surface area contributed by atoms with Crippen LogP contribution in [0.3, 0.4) is 0 Å². The van der Waals surface area contributed by atoms with Crippen LogP contribution in [-0.4, -0.2) is 12.7 Å². The van der Waals surface area contributed by atoms with Crippen LogP contribution in [0.25, 0.3) is 0 Å². The van der Waals surface area contributed by atoms with E-state index >= 15 is 0 Å². The molecule has 2 nitrogen and oxygen atoms in total. The summed E-state index contributed by atoms with van der Waals surface area (Å²) in [6.45, 7) is 0.116. The molecule has 0 radical (unpaired) electrons. The molecule has 112 valence electrons. The summed E-state index contributed by atoms with van der Waals surface area (Å²) in [6.07, 6.45) is 6.12. The molecule has 0 aromatic heterocycles. The number of nitrogens with one attached hydrogen (secondary N) is 1. The number of rotatable bonds is 5. The lowest BCUT2D eigenvalue weighted by Gasteiger charge is -2.18. The minimum atomic E-state index is -2.77. The number of para-hydroxylation sites is 1. The van der Waals surface area contributed by atoms with Gasteiger partial charge in [-0.05, 0) is 31.2 Å². The normalized spacial score (nSPS) is 23.6. The van der Waals surface area contributed by atoms with Crippen molar-refractivity contribution in [3.63, 3.8) is 0 Å². The van der Waals surface area contributed by atoms with E-state index < -0.39 is 6.61 Å². The van der Waals surface area contributed by atoms with E-state index in [2.05, 4.69) is 17.0 Å². The molecule has 1 aromatic rings. The lowest BCUT2D eigenvalue weighted by atomic mass is 10.0. The van der Waals surface area contributed by atoms with Crippen LogP contribution < -0.4 is 10.1 Å². The molecular weight excluding hydrogens is 260 g/mol. The van der Waals surface area contributed by atoms with E-state index in [9.17, 15) is 8.78 Å². The van der Waals surface area contributed by atoms with Gasteiger partial charge in [-0.3, -0.25) is 0 Å². The Hall–Kier alpha value is -1.16. The molecule has 4 heteroatoms. The smallest absolute Gasteiger partial charge is 0.387 e. The number of alkyl halides is 2. The Kier molecular flexibility index (Phi) is 5.77. The van der Waals surface area contributed by atoms with Crippen LogP contribution in [-0.2, 0) is 6.54 Å². The fourth-order valence-electron chi connectivity index (χ4n) is 2.81. The highest BCUT2D eigenvalue weighted by atomic mass is 19.3. The van der Waals surface area contributed by atoms with Gasteiger partial charge in [0.2, 0.25) is 0 Å². The van der Waals surface area contributed by atoms with Crippen molar-refractivity contribution in [3.8, 4) is 5.75 Å². The molecule has 1 aliphatic rings. The van der Waals surface area contributed by atoms with Gasteiger partial charge in [0.05, 0.1) is 0 Å². The molecule has 2 rings (SSSR count).